The largest absolute Gasteiger partial charge is 0.444 e. The third kappa shape index (κ3) is 4.47. The first-order valence-corrected chi connectivity index (χ1v) is 8.14. The number of amides is 1. The predicted octanol–water partition coefficient (Wildman–Crippen LogP) is 3.47. The number of carbonyl (C=O) groups excluding carboxylic acids is 1. The van der Waals surface area contributed by atoms with Gasteiger partial charge in [0.2, 0.25) is 0 Å². The van der Waals surface area contributed by atoms with Gasteiger partial charge in [0.15, 0.2) is 0 Å². The molecule has 0 radical (unpaired) electrons. The van der Waals surface area contributed by atoms with Gasteiger partial charge in [-0.1, -0.05) is 11.6 Å². The zero-order chi connectivity index (χ0) is 15.6. The maximum Gasteiger partial charge on any atom is 0.410 e. The van der Waals surface area contributed by atoms with Crippen molar-refractivity contribution < 1.29 is 9.53 Å². The average Bonchev–Trinajstić information content (AvgIpc) is 2.59. The number of hydrogen-bond acceptors (Lipinski definition) is 3. The fourth-order valence-electron chi connectivity index (χ4n) is 3.39. The van der Waals surface area contributed by atoms with Crippen LogP contribution in [-0.4, -0.2) is 41.3 Å². The van der Waals surface area contributed by atoms with Crippen molar-refractivity contribution in [2.45, 2.75) is 84.0 Å². The monoisotopic (exact) mass is 294 g/mol. The summed E-state index contributed by atoms with van der Waals surface area (Å²) >= 11 is 0. The molecule has 0 aromatic carbocycles. The molecule has 2 bridgehead atoms. The summed E-state index contributed by atoms with van der Waals surface area (Å²) in [6.07, 6.45) is 6.42. The van der Waals surface area contributed by atoms with E-state index in [1.165, 1.54) is 5.57 Å². The Morgan fingerprint density at radius 1 is 1.24 bits per heavy atom. The van der Waals surface area contributed by atoms with E-state index in [1.54, 1.807) is 0 Å². The van der Waals surface area contributed by atoms with Crippen LogP contribution in [0.3, 0.4) is 0 Å². The zero-order valence-corrected chi connectivity index (χ0v) is 14.1. The second kappa shape index (κ2) is 6.39. The molecule has 0 aromatic rings. The number of hydrogen-bond donors (Lipinski definition) is 1. The lowest BCUT2D eigenvalue weighted by molar-refractivity contribution is 0.00488. The van der Waals surface area contributed by atoms with Crippen LogP contribution in [0, 0.1) is 0 Å². The Kier molecular flexibility index (Phi) is 4.97. The minimum atomic E-state index is -0.408. The maximum absolute atomic E-state index is 12.4. The van der Waals surface area contributed by atoms with Crippen LogP contribution in [0.1, 0.15) is 60.3 Å². The summed E-state index contributed by atoms with van der Waals surface area (Å²) in [5.74, 6) is 0. The zero-order valence-electron chi connectivity index (χ0n) is 14.1. The van der Waals surface area contributed by atoms with E-state index in [4.69, 9.17) is 4.74 Å². The van der Waals surface area contributed by atoms with E-state index < -0.39 is 5.60 Å². The first-order chi connectivity index (χ1) is 9.76. The highest BCUT2D eigenvalue weighted by atomic mass is 16.6. The van der Waals surface area contributed by atoms with E-state index in [2.05, 4.69) is 25.2 Å². The molecule has 2 heterocycles. The van der Waals surface area contributed by atoms with E-state index >= 15 is 0 Å². The van der Waals surface area contributed by atoms with Crippen molar-refractivity contribution in [2.75, 3.05) is 6.54 Å². The van der Waals surface area contributed by atoms with Gasteiger partial charge in [0.1, 0.15) is 5.60 Å². The fraction of sp³-hybridized carbons (Fsp3) is 0.824. The summed E-state index contributed by atoms with van der Waals surface area (Å²) < 4.78 is 5.56. The van der Waals surface area contributed by atoms with Gasteiger partial charge in [-0.05, 0) is 60.3 Å². The Morgan fingerprint density at radius 3 is 2.29 bits per heavy atom. The number of nitrogens with zero attached hydrogens (tertiary/aromatic N) is 1. The summed E-state index contributed by atoms with van der Waals surface area (Å²) in [6, 6.07) is 1.22. The Bertz CT molecular complexity index is 394. The van der Waals surface area contributed by atoms with E-state index in [0.29, 0.717) is 18.1 Å². The second-order valence-electron chi connectivity index (χ2n) is 7.63. The van der Waals surface area contributed by atoms with Gasteiger partial charge >= 0.3 is 6.09 Å². The van der Waals surface area contributed by atoms with Crippen LogP contribution in [0.2, 0.25) is 0 Å². The first kappa shape index (κ1) is 16.3. The average molecular weight is 294 g/mol. The predicted molar refractivity (Wildman–Crippen MR) is 85.3 cm³/mol. The third-order valence-electron chi connectivity index (χ3n) is 4.25. The quantitative estimate of drug-likeness (QED) is 0.810. The minimum absolute atomic E-state index is 0.127. The molecule has 2 fully saturated rings. The van der Waals surface area contributed by atoms with Crippen LogP contribution < -0.4 is 5.32 Å². The highest BCUT2D eigenvalue weighted by molar-refractivity contribution is 5.69. The van der Waals surface area contributed by atoms with E-state index in [9.17, 15) is 4.79 Å². The van der Waals surface area contributed by atoms with Crippen molar-refractivity contribution >= 4 is 6.09 Å². The van der Waals surface area contributed by atoms with Gasteiger partial charge in [-0.2, -0.15) is 0 Å². The molecule has 2 aliphatic rings. The summed E-state index contributed by atoms with van der Waals surface area (Å²) in [5.41, 5.74) is 0.936. The molecule has 4 nitrogen and oxygen atoms in total. The van der Waals surface area contributed by atoms with Gasteiger partial charge in [0, 0.05) is 24.7 Å². The van der Waals surface area contributed by atoms with Crippen LogP contribution in [0.25, 0.3) is 0 Å². The molecule has 4 heteroatoms. The summed E-state index contributed by atoms with van der Waals surface area (Å²) in [5, 5.41) is 3.61. The third-order valence-corrected chi connectivity index (χ3v) is 4.25. The lowest BCUT2D eigenvalue weighted by atomic mass is 9.97. The molecule has 0 spiro atoms. The van der Waals surface area contributed by atoms with E-state index in [-0.39, 0.29) is 6.09 Å². The van der Waals surface area contributed by atoms with Crippen molar-refractivity contribution in [3.8, 4) is 0 Å². The van der Waals surface area contributed by atoms with Gasteiger partial charge in [-0.15, -0.1) is 0 Å². The number of piperidine rings is 1. The molecule has 2 aliphatic heterocycles. The van der Waals surface area contributed by atoms with Gasteiger partial charge in [0.05, 0.1) is 0 Å². The lowest BCUT2D eigenvalue weighted by Gasteiger charge is -2.39. The molecule has 120 valence electrons. The molecule has 0 aliphatic carbocycles. The Balaban J connectivity index is 1.90. The van der Waals surface area contributed by atoms with E-state index in [0.717, 1.165) is 32.2 Å². The van der Waals surface area contributed by atoms with Crippen LogP contribution >= 0.6 is 0 Å². The lowest BCUT2D eigenvalue weighted by Crippen LogP contribution is -2.52. The summed E-state index contributed by atoms with van der Waals surface area (Å²) in [6.45, 7) is 11.0. The molecule has 0 saturated carbocycles. The standard InChI is InChI=1S/C17H30N2O2/c1-12(2)8-9-18-13-10-14-6-7-15(11-13)19(14)16(20)21-17(3,4)5/h8,13-15,18H,6-7,9-11H2,1-5H3. The van der Waals surface area contributed by atoms with Crippen molar-refractivity contribution in [3.05, 3.63) is 11.6 Å². The summed E-state index contributed by atoms with van der Waals surface area (Å²) in [7, 11) is 0. The van der Waals surface area contributed by atoms with Crippen molar-refractivity contribution in [1.82, 2.24) is 10.2 Å². The van der Waals surface area contributed by atoms with Crippen LogP contribution in [0.4, 0.5) is 4.79 Å². The fourth-order valence-corrected chi connectivity index (χ4v) is 3.39. The Morgan fingerprint density at radius 2 is 1.81 bits per heavy atom. The summed E-state index contributed by atoms with van der Waals surface area (Å²) in [4.78, 5) is 14.4. The van der Waals surface area contributed by atoms with Crippen LogP contribution in [-0.2, 0) is 4.74 Å². The van der Waals surface area contributed by atoms with Crippen molar-refractivity contribution in [1.29, 1.82) is 0 Å². The molecule has 2 rings (SSSR count). The molecule has 1 amide bonds. The first-order valence-electron chi connectivity index (χ1n) is 8.14. The van der Waals surface area contributed by atoms with Crippen molar-refractivity contribution in [3.63, 3.8) is 0 Å². The van der Waals surface area contributed by atoms with Crippen molar-refractivity contribution in [2.24, 2.45) is 0 Å². The van der Waals surface area contributed by atoms with E-state index in [1.807, 2.05) is 25.7 Å². The van der Waals surface area contributed by atoms with Crippen LogP contribution in [0.5, 0.6) is 0 Å². The van der Waals surface area contributed by atoms with Gasteiger partial charge in [0.25, 0.3) is 0 Å². The number of ether oxygens (including phenoxy) is 1. The number of nitrogens with one attached hydrogen (secondary N) is 1. The number of allylic oxidation sites excluding steroid dienone is 1. The number of fused-ring (bicyclic) bond motifs is 2. The highest BCUT2D eigenvalue weighted by Gasteiger charge is 2.44. The van der Waals surface area contributed by atoms with Gasteiger partial charge < -0.3 is 15.0 Å². The molecular weight excluding hydrogens is 264 g/mol. The SMILES string of the molecule is CC(C)=CCNC1CC2CCC(C1)N2C(=O)OC(C)(C)C. The molecular formula is C17H30N2O2. The van der Waals surface area contributed by atoms with Crippen LogP contribution in [0.15, 0.2) is 11.6 Å². The molecule has 2 saturated heterocycles. The maximum atomic E-state index is 12.4. The minimum Gasteiger partial charge on any atom is -0.444 e. The molecule has 1 N–H and O–H groups in total. The molecule has 21 heavy (non-hydrogen) atoms. The van der Waals surface area contributed by atoms with Gasteiger partial charge in [-0.3, -0.25) is 0 Å². The molecule has 0 aromatic heterocycles. The highest BCUT2D eigenvalue weighted by Crippen LogP contribution is 2.36. The second-order valence-corrected chi connectivity index (χ2v) is 7.63. The Hall–Kier alpha value is -1.03. The topological polar surface area (TPSA) is 41.6 Å². The number of carbonyl (C=O) groups is 1. The molecule has 2 atom stereocenters. The Labute approximate surface area is 128 Å². The smallest absolute Gasteiger partial charge is 0.410 e. The normalized spacial score (nSPS) is 28.4. The number of rotatable bonds is 3. The van der Waals surface area contributed by atoms with Gasteiger partial charge in [-0.25, -0.2) is 4.79 Å². The molecule has 2 unspecified atom stereocenters.